The molecule has 0 unspecified atom stereocenters. The minimum Gasteiger partial charge on any atom is -0.234 e. The van der Waals surface area contributed by atoms with Crippen LogP contribution in [0.25, 0.3) is 0 Å². The Morgan fingerprint density at radius 1 is 1.67 bits per heavy atom. The number of sulfone groups is 1. The van der Waals surface area contributed by atoms with Crippen LogP contribution in [0.2, 0.25) is 0 Å². The lowest BCUT2D eigenvalue weighted by Gasteiger charge is -1.93. The van der Waals surface area contributed by atoms with Gasteiger partial charge in [-0.3, -0.25) is 0 Å². The van der Waals surface area contributed by atoms with Gasteiger partial charge in [-0.1, -0.05) is 0 Å². The van der Waals surface area contributed by atoms with Crippen molar-refractivity contribution >= 4 is 37.1 Å². The first kappa shape index (κ1) is 10.1. The molecule has 1 aromatic rings. The highest BCUT2D eigenvalue weighted by atomic mass is 79.9. The maximum absolute atomic E-state index is 10.8. The molecule has 3 nitrogen and oxygen atoms in total. The number of aromatic nitrogens is 1. The molecular formula is C6H8BrNO2S2. The summed E-state index contributed by atoms with van der Waals surface area (Å²) >= 11 is 4.67. The van der Waals surface area contributed by atoms with E-state index in [1.807, 2.05) is 5.38 Å². The van der Waals surface area contributed by atoms with Gasteiger partial charge in [0.05, 0.1) is 10.8 Å². The molecule has 0 aliphatic carbocycles. The van der Waals surface area contributed by atoms with Gasteiger partial charge in [0, 0.05) is 18.1 Å². The van der Waals surface area contributed by atoms with Crippen LogP contribution in [-0.4, -0.2) is 25.4 Å². The molecule has 0 amide bonds. The maximum atomic E-state index is 10.8. The molecule has 68 valence electrons. The quantitative estimate of drug-likeness (QED) is 0.836. The molecular weight excluding hydrogens is 262 g/mol. The third-order valence-electron chi connectivity index (χ3n) is 1.21. The molecule has 0 saturated carbocycles. The molecule has 0 aromatic carbocycles. The van der Waals surface area contributed by atoms with E-state index in [2.05, 4.69) is 20.9 Å². The van der Waals surface area contributed by atoms with Gasteiger partial charge in [0.15, 0.2) is 0 Å². The number of halogens is 1. The zero-order chi connectivity index (χ0) is 9.19. The Balaban J connectivity index is 2.55. The van der Waals surface area contributed by atoms with Gasteiger partial charge < -0.3 is 0 Å². The number of thiazole rings is 1. The van der Waals surface area contributed by atoms with E-state index in [-0.39, 0.29) is 5.75 Å². The Hall–Kier alpha value is 0.0600. The second kappa shape index (κ2) is 3.85. The van der Waals surface area contributed by atoms with Gasteiger partial charge in [0.25, 0.3) is 0 Å². The monoisotopic (exact) mass is 269 g/mol. The molecule has 1 aromatic heterocycles. The summed E-state index contributed by atoms with van der Waals surface area (Å²) in [7, 11) is -2.86. The van der Waals surface area contributed by atoms with Crippen molar-refractivity contribution in [2.45, 2.75) is 6.42 Å². The van der Waals surface area contributed by atoms with Crippen LogP contribution >= 0.6 is 27.3 Å². The highest BCUT2D eigenvalue weighted by Crippen LogP contribution is 2.15. The van der Waals surface area contributed by atoms with Crippen molar-refractivity contribution in [3.8, 4) is 0 Å². The van der Waals surface area contributed by atoms with Crippen LogP contribution < -0.4 is 0 Å². The fourth-order valence-electron chi connectivity index (χ4n) is 0.676. The smallest absolute Gasteiger partial charge is 0.147 e. The third kappa shape index (κ3) is 3.64. The topological polar surface area (TPSA) is 47.0 Å². The minimum atomic E-state index is -2.86. The Labute approximate surface area is 83.9 Å². The number of hydrogen-bond donors (Lipinski definition) is 0. The average Bonchev–Trinajstić information content (AvgIpc) is 2.30. The van der Waals surface area contributed by atoms with Crippen molar-refractivity contribution in [1.82, 2.24) is 4.98 Å². The molecule has 0 spiro atoms. The lowest BCUT2D eigenvalue weighted by atomic mass is 10.5. The summed E-state index contributed by atoms with van der Waals surface area (Å²) in [6.45, 7) is 0. The van der Waals surface area contributed by atoms with Crippen molar-refractivity contribution in [2.75, 3.05) is 12.0 Å². The number of aryl methyl sites for hydroxylation is 1. The van der Waals surface area contributed by atoms with Crippen molar-refractivity contribution < 1.29 is 8.42 Å². The Morgan fingerprint density at radius 3 is 2.75 bits per heavy atom. The summed E-state index contributed by atoms with van der Waals surface area (Å²) in [5.74, 6) is 0.174. The van der Waals surface area contributed by atoms with E-state index < -0.39 is 9.84 Å². The normalized spacial score (nSPS) is 11.8. The van der Waals surface area contributed by atoms with Crippen molar-refractivity contribution in [2.24, 2.45) is 0 Å². The van der Waals surface area contributed by atoms with Crippen LogP contribution in [0, 0.1) is 0 Å². The van der Waals surface area contributed by atoms with Crippen LogP contribution in [0.4, 0.5) is 0 Å². The lowest BCUT2D eigenvalue weighted by Crippen LogP contribution is -2.05. The average molecular weight is 270 g/mol. The van der Waals surface area contributed by atoms with Gasteiger partial charge in [-0.25, -0.2) is 13.4 Å². The molecule has 0 saturated heterocycles. The molecule has 0 fully saturated rings. The molecule has 0 aliphatic rings. The van der Waals surface area contributed by atoms with E-state index in [1.165, 1.54) is 17.6 Å². The van der Waals surface area contributed by atoms with Gasteiger partial charge in [-0.05, 0) is 15.9 Å². The van der Waals surface area contributed by atoms with Gasteiger partial charge in [0.1, 0.15) is 14.4 Å². The third-order valence-corrected chi connectivity index (χ3v) is 3.77. The Bertz CT molecular complexity index is 357. The maximum Gasteiger partial charge on any atom is 0.147 e. The minimum absolute atomic E-state index is 0.174. The van der Waals surface area contributed by atoms with Crippen LogP contribution in [0.1, 0.15) is 5.01 Å². The predicted molar refractivity (Wildman–Crippen MR) is 53.2 cm³/mol. The van der Waals surface area contributed by atoms with E-state index in [9.17, 15) is 8.42 Å². The highest BCUT2D eigenvalue weighted by molar-refractivity contribution is 9.10. The molecule has 0 radical (unpaired) electrons. The Kier molecular flexibility index (Phi) is 3.25. The van der Waals surface area contributed by atoms with Gasteiger partial charge in [-0.15, -0.1) is 11.3 Å². The summed E-state index contributed by atoms with van der Waals surface area (Å²) in [6, 6.07) is 0. The SMILES string of the molecule is CS(=O)(=O)CCc1nc(Br)cs1. The zero-order valence-corrected chi connectivity index (χ0v) is 9.67. The molecule has 6 heteroatoms. The van der Waals surface area contributed by atoms with Crippen LogP contribution in [0.3, 0.4) is 0 Å². The van der Waals surface area contributed by atoms with Crippen LogP contribution in [-0.2, 0) is 16.3 Å². The number of rotatable bonds is 3. The van der Waals surface area contributed by atoms with E-state index in [1.54, 1.807) is 0 Å². The first-order chi connectivity index (χ1) is 5.47. The predicted octanol–water partition coefficient (Wildman–Crippen LogP) is 1.49. The zero-order valence-electron chi connectivity index (χ0n) is 6.45. The van der Waals surface area contributed by atoms with E-state index in [0.29, 0.717) is 6.42 Å². The summed E-state index contributed by atoms with van der Waals surface area (Å²) in [4.78, 5) is 4.08. The summed E-state index contributed by atoms with van der Waals surface area (Å²) in [5, 5.41) is 2.70. The highest BCUT2D eigenvalue weighted by Gasteiger charge is 2.05. The molecule has 1 heterocycles. The molecule has 0 atom stereocenters. The Morgan fingerprint density at radius 2 is 2.33 bits per heavy atom. The summed E-state index contributed by atoms with van der Waals surface area (Å²) in [6.07, 6.45) is 1.74. The van der Waals surface area contributed by atoms with Gasteiger partial charge >= 0.3 is 0 Å². The number of hydrogen-bond acceptors (Lipinski definition) is 4. The van der Waals surface area contributed by atoms with Crippen molar-refractivity contribution in [1.29, 1.82) is 0 Å². The summed E-state index contributed by atoms with van der Waals surface area (Å²) in [5.41, 5.74) is 0. The van der Waals surface area contributed by atoms with E-state index in [0.717, 1.165) is 9.61 Å². The van der Waals surface area contributed by atoms with Gasteiger partial charge in [-0.2, -0.15) is 0 Å². The molecule has 0 N–H and O–H groups in total. The standard InChI is InChI=1S/C6H8BrNO2S2/c1-12(9,10)3-2-6-8-5(7)4-11-6/h4H,2-3H2,1H3. The first-order valence-corrected chi connectivity index (χ1v) is 6.98. The van der Waals surface area contributed by atoms with E-state index >= 15 is 0 Å². The van der Waals surface area contributed by atoms with Crippen LogP contribution in [0.15, 0.2) is 9.98 Å². The lowest BCUT2D eigenvalue weighted by molar-refractivity contribution is 0.601. The molecule has 0 aliphatic heterocycles. The van der Waals surface area contributed by atoms with Crippen molar-refractivity contribution in [3.05, 3.63) is 15.0 Å². The second-order valence-corrected chi connectivity index (χ2v) is 6.46. The van der Waals surface area contributed by atoms with Gasteiger partial charge in [0.2, 0.25) is 0 Å². The fourth-order valence-corrected chi connectivity index (χ4v) is 2.64. The van der Waals surface area contributed by atoms with E-state index in [4.69, 9.17) is 0 Å². The number of nitrogens with zero attached hydrogens (tertiary/aromatic N) is 1. The first-order valence-electron chi connectivity index (χ1n) is 3.25. The molecule has 1 rings (SSSR count). The fraction of sp³-hybridized carbons (Fsp3) is 0.500. The summed E-state index contributed by atoms with van der Waals surface area (Å²) < 4.78 is 22.3. The van der Waals surface area contributed by atoms with Crippen LogP contribution in [0.5, 0.6) is 0 Å². The molecule has 12 heavy (non-hydrogen) atoms. The largest absolute Gasteiger partial charge is 0.234 e. The van der Waals surface area contributed by atoms with Crippen molar-refractivity contribution in [3.63, 3.8) is 0 Å². The molecule has 0 bridgehead atoms. The second-order valence-electron chi connectivity index (χ2n) is 2.44.